The smallest absolute Gasteiger partial charge is 0.228 e. The lowest BCUT2D eigenvalue weighted by Crippen LogP contribution is -2.42. The third kappa shape index (κ3) is 2.54. The molecule has 0 radical (unpaired) electrons. The first-order chi connectivity index (χ1) is 9.97. The molecule has 0 saturated heterocycles. The molecule has 21 heavy (non-hydrogen) atoms. The van der Waals surface area contributed by atoms with Gasteiger partial charge >= 0.3 is 0 Å². The van der Waals surface area contributed by atoms with Gasteiger partial charge in [-0.2, -0.15) is 0 Å². The van der Waals surface area contributed by atoms with Crippen molar-refractivity contribution in [2.24, 2.45) is 23.7 Å². The minimum Gasteiger partial charge on any atom is -0.550 e. The zero-order valence-electron chi connectivity index (χ0n) is 10.9. The molecule has 3 rings (SSSR count). The van der Waals surface area contributed by atoms with Crippen LogP contribution in [-0.4, -0.2) is 11.9 Å². The molecule has 2 bridgehead atoms. The summed E-state index contributed by atoms with van der Waals surface area (Å²) in [6, 6.07) is 4.73. The quantitative estimate of drug-likeness (QED) is 0.866. The number of hydrogen-bond donors (Lipinski definition) is 1. The number of anilines is 1. The Morgan fingerprint density at radius 2 is 1.81 bits per heavy atom. The van der Waals surface area contributed by atoms with Crippen molar-refractivity contribution < 1.29 is 14.7 Å². The third-order valence-corrected chi connectivity index (χ3v) is 4.77. The van der Waals surface area contributed by atoms with Crippen molar-refractivity contribution in [3.05, 3.63) is 40.4 Å². The number of fused-ring (bicyclic) bond motifs is 2. The van der Waals surface area contributed by atoms with Gasteiger partial charge in [-0.05, 0) is 36.5 Å². The molecular formula is C15H12Cl2NO3-. The molecule has 1 aromatic rings. The molecule has 1 N–H and O–H groups in total. The molecule has 2 aliphatic carbocycles. The fourth-order valence-electron chi connectivity index (χ4n) is 3.31. The number of allylic oxidation sites excluding steroid dienone is 2. The Morgan fingerprint density at radius 3 is 2.43 bits per heavy atom. The lowest BCUT2D eigenvalue weighted by Gasteiger charge is -2.27. The van der Waals surface area contributed by atoms with Crippen LogP contribution in [0.3, 0.4) is 0 Å². The largest absolute Gasteiger partial charge is 0.550 e. The van der Waals surface area contributed by atoms with Gasteiger partial charge in [0.2, 0.25) is 5.91 Å². The van der Waals surface area contributed by atoms with Crippen LogP contribution < -0.4 is 10.4 Å². The first-order valence-electron chi connectivity index (χ1n) is 6.62. The fraction of sp³-hybridized carbons (Fsp3) is 0.333. The van der Waals surface area contributed by atoms with Crippen molar-refractivity contribution in [3.8, 4) is 0 Å². The Balaban J connectivity index is 1.82. The molecule has 0 aliphatic heterocycles. The molecule has 0 heterocycles. The van der Waals surface area contributed by atoms with Crippen LogP contribution in [-0.2, 0) is 9.59 Å². The summed E-state index contributed by atoms with van der Waals surface area (Å²) in [6.45, 7) is 0. The topological polar surface area (TPSA) is 69.2 Å². The molecule has 1 aromatic carbocycles. The number of carbonyl (C=O) groups excluding carboxylic acids is 2. The molecule has 6 heteroatoms. The van der Waals surface area contributed by atoms with Gasteiger partial charge in [-0.25, -0.2) is 0 Å². The monoisotopic (exact) mass is 324 g/mol. The summed E-state index contributed by atoms with van der Waals surface area (Å²) in [7, 11) is 0. The summed E-state index contributed by atoms with van der Waals surface area (Å²) in [4.78, 5) is 23.7. The number of hydrogen-bond acceptors (Lipinski definition) is 3. The molecule has 1 amide bonds. The molecule has 110 valence electrons. The molecule has 1 saturated carbocycles. The molecule has 1 fully saturated rings. The van der Waals surface area contributed by atoms with Gasteiger partial charge in [-0.15, -0.1) is 0 Å². The predicted molar refractivity (Wildman–Crippen MR) is 77.8 cm³/mol. The highest BCUT2D eigenvalue weighted by Crippen LogP contribution is 2.48. The van der Waals surface area contributed by atoms with E-state index in [2.05, 4.69) is 5.32 Å². The third-order valence-electron chi connectivity index (χ3n) is 4.22. The average Bonchev–Trinajstić information content (AvgIpc) is 3.02. The lowest BCUT2D eigenvalue weighted by molar-refractivity contribution is -0.313. The van der Waals surface area contributed by atoms with Crippen molar-refractivity contribution in [1.29, 1.82) is 0 Å². The van der Waals surface area contributed by atoms with E-state index in [1.165, 1.54) is 6.07 Å². The van der Waals surface area contributed by atoms with Crippen LogP contribution in [0.2, 0.25) is 10.0 Å². The van der Waals surface area contributed by atoms with E-state index in [1.54, 1.807) is 12.1 Å². The number of nitrogens with one attached hydrogen (secondary N) is 1. The number of aliphatic carboxylic acids is 1. The maximum absolute atomic E-state index is 12.4. The first-order valence-corrected chi connectivity index (χ1v) is 7.38. The van der Waals surface area contributed by atoms with E-state index in [-0.39, 0.29) is 17.7 Å². The Hall–Kier alpha value is -1.52. The zero-order valence-corrected chi connectivity index (χ0v) is 12.4. The number of amides is 1. The number of halogens is 2. The van der Waals surface area contributed by atoms with Crippen molar-refractivity contribution in [3.63, 3.8) is 0 Å². The van der Waals surface area contributed by atoms with Gasteiger partial charge in [0.25, 0.3) is 0 Å². The summed E-state index contributed by atoms with van der Waals surface area (Å²) in [5.74, 6) is -3.07. The van der Waals surface area contributed by atoms with Crippen molar-refractivity contribution in [2.45, 2.75) is 6.42 Å². The fourth-order valence-corrected chi connectivity index (χ4v) is 3.76. The maximum Gasteiger partial charge on any atom is 0.228 e. The van der Waals surface area contributed by atoms with Crippen LogP contribution in [0.5, 0.6) is 0 Å². The second-order valence-corrected chi connectivity index (χ2v) is 6.28. The number of carboxylic acids is 1. The summed E-state index contributed by atoms with van der Waals surface area (Å²) in [5, 5.41) is 14.8. The van der Waals surface area contributed by atoms with E-state index in [0.29, 0.717) is 22.2 Å². The molecule has 0 aromatic heterocycles. The van der Waals surface area contributed by atoms with Crippen molar-refractivity contribution in [2.75, 3.05) is 5.32 Å². The van der Waals surface area contributed by atoms with Crippen molar-refractivity contribution in [1.82, 2.24) is 0 Å². The van der Waals surface area contributed by atoms with Crippen LogP contribution >= 0.6 is 23.2 Å². The highest BCUT2D eigenvalue weighted by molar-refractivity contribution is 6.36. The molecule has 4 atom stereocenters. The van der Waals surface area contributed by atoms with Gasteiger partial charge in [0, 0.05) is 16.9 Å². The summed E-state index contributed by atoms with van der Waals surface area (Å²) >= 11 is 11.8. The first kappa shape index (κ1) is 14.4. The van der Waals surface area contributed by atoms with E-state index in [4.69, 9.17) is 23.2 Å². The maximum atomic E-state index is 12.4. The van der Waals surface area contributed by atoms with Crippen LogP contribution in [0.1, 0.15) is 6.42 Å². The number of carboxylic acid groups (broad SMARTS) is 1. The van der Waals surface area contributed by atoms with E-state index in [1.807, 2.05) is 12.2 Å². The Kier molecular flexibility index (Phi) is 3.68. The molecule has 0 spiro atoms. The Labute approximate surface area is 131 Å². The number of rotatable bonds is 3. The van der Waals surface area contributed by atoms with Crippen molar-refractivity contribution >= 4 is 40.8 Å². The van der Waals surface area contributed by atoms with Crippen LogP contribution in [0.25, 0.3) is 0 Å². The predicted octanol–water partition coefficient (Wildman–Crippen LogP) is 2.12. The van der Waals surface area contributed by atoms with E-state index in [9.17, 15) is 14.7 Å². The van der Waals surface area contributed by atoms with Gasteiger partial charge in [-0.3, -0.25) is 4.79 Å². The number of carbonyl (C=O) groups is 2. The minimum atomic E-state index is -1.17. The van der Waals surface area contributed by atoms with Crippen LogP contribution in [0.4, 0.5) is 5.69 Å². The number of benzene rings is 1. The summed E-state index contributed by atoms with van der Waals surface area (Å²) in [6.07, 6.45) is 4.47. The van der Waals surface area contributed by atoms with Gasteiger partial charge in [0.05, 0.1) is 16.6 Å². The lowest BCUT2D eigenvalue weighted by atomic mass is 9.82. The minimum absolute atomic E-state index is 0.0519. The van der Waals surface area contributed by atoms with Gasteiger partial charge in [-0.1, -0.05) is 35.4 Å². The Bertz CT molecular complexity index is 644. The van der Waals surface area contributed by atoms with Crippen LogP contribution in [0, 0.1) is 23.7 Å². The SMILES string of the molecule is O=C([O-])C1C2C=CC(C2)C1C(=O)Nc1ccc(Cl)cc1Cl. The van der Waals surface area contributed by atoms with E-state index < -0.39 is 17.8 Å². The molecule has 4 nitrogen and oxygen atoms in total. The average molecular weight is 325 g/mol. The summed E-state index contributed by atoms with van der Waals surface area (Å²) < 4.78 is 0. The molecular weight excluding hydrogens is 313 g/mol. The van der Waals surface area contributed by atoms with Gasteiger partial charge < -0.3 is 15.2 Å². The van der Waals surface area contributed by atoms with Gasteiger partial charge in [0.15, 0.2) is 0 Å². The Morgan fingerprint density at radius 1 is 1.14 bits per heavy atom. The highest BCUT2D eigenvalue weighted by atomic mass is 35.5. The van der Waals surface area contributed by atoms with Gasteiger partial charge in [0.1, 0.15) is 0 Å². The molecule has 4 unspecified atom stereocenters. The van der Waals surface area contributed by atoms with E-state index >= 15 is 0 Å². The van der Waals surface area contributed by atoms with E-state index in [0.717, 1.165) is 0 Å². The highest BCUT2D eigenvalue weighted by Gasteiger charge is 2.48. The standard InChI is InChI=1S/C15H13Cl2NO3/c16-9-3-4-11(10(17)6-9)18-14(19)12-7-1-2-8(5-7)13(12)15(20)21/h1-4,6-8,12-13H,5H2,(H,18,19)(H,20,21)/p-1. The second kappa shape index (κ2) is 5.35. The second-order valence-electron chi connectivity index (χ2n) is 5.43. The normalized spacial score (nSPS) is 29.6. The van der Waals surface area contributed by atoms with Crippen LogP contribution in [0.15, 0.2) is 30.4 Å². The molecule has 2 aliphatic rings. The zero-order chi connectivity index (χ0) is 15.1. The summed E-state index contributed by atoms with van der Waals surface area (Å²) in [5.41, 5.74) is 0.426.